The Labute approximate surface area is 195 Å². The summed E-state index contributed by atoms with van der Waals surface area (Å²) in [5, 5.41) is 0. The summed E-state index contributed by atoms with van der Waals surface area (Å²) >= 11 is 0. The van der Waals surface area contributed by atoms with Crippen molar-refractivity contribution in [2.24, 2.45) is 0 Å². The van der Waals surface area contributed by atoms with Crippen LogP contribution in [0.15, 0.2) is 24.3 Å². The molecule has 1 atom stereocenters. The molecule has 7 nitrogen and oxygen atoms in total. The van der Waals surface area contributed by atoms with Crippen molar-refractivity contribution in [2.45, 2.75) is 65.0 Å². The Kier molecular flexibility index (Phi) is 6.15. The highest BCUT2D eigenvalue weighted by atomic mass is 16.2. The van der Waals surface area contributed by atoms with E-state index in [0.717, 1.165) is 55.1 Å². The van der Waals surface area contributed by atoms with Gasteiger partial charge in [-0.05, 0) is 64.6 Å². The van der Waals surface area contributed by atoms with E-state index in [2.05, 4.69) is 36.1 Å². The predicted octanol–water partition coefficient (Wildman–Crippen LogP) is 3.33. The molecule has 33 heavy (non-hydrogen) atoms. The maximum atomic E-state index is 13.1. The van der Waals surface area contributed by atoms with E-state index in [0.29, 0.717) is 31.8 Å². The zero-order valence-electron chi connectivity index (χ0n) is 19.7. The van der Waals surface area contributed by atoms with Crippen molar-refractivity contribution in [1.82, 2.24) is 19.8 Å². The molecule has 0 N–H and O–H groups in total. The largest absolute Gasteiger partial charge is 0.331 e. The van der Waals surface area contributed by atoms with Gasteiger partial charge in [-0.3, -0.25) is 19.4 Å². The number of carbonyl (C=O) groups is 2. The van der Waals surface area contributed by atoms with Crippen LogP contribution in [0.3, 0.4) is 0 Å². The molecule has 2 fully saturated rings. The SMILES string of the molecule is Cc1ccc(CN2C(=O)CCc3c(C)nc([C@H]4CCCN4C(=O)CN4CCCC4)nc32)cc1. The summed E-state index contributed by atoms with van der Waals surface area (Å²) in [6.45, 7) is 7.83. The van der Waals surface area contributed by atoms with E-state index < -0.39 is 0 Å². The van der Waals surface area contributed by atoms with Gasteiger partial charge >= 0.3 is 0 Å². The van der Waals surface area contributed by atoms with Crippen molar-refractivity contribution < 1.29 is 9.59 Å². The number of benzene rings is 1. The summed E-state index contributed by atoms with van der Waals surface area (Å²) in [5.41, 5.74) is 4.26. The van der Waals surface area contributed by atoms with E-state index in [1.807, 2.05) is 16.7 Å². The third-order valence-electron chi connectivity index (χ3n) is 7.24. The quantitative estimate of drug-likeness (QED) is 0.703. The zero-order valence-corrected chi connectivity index (χ0v) is 19.7. The Morgan fingerprint density at radius 3 is 2.52 bits per heavy atom. The van der Waals surface area contributed by atoms with Crippen LogP contribution in [-0.4, -0.2) is 57.8 Å². The maximum absolute atomic E-state index is 13.1. The van der Waals surface area contributed by atoms with Crippen molar-refractivity contribution in [3.8, 4) is 0 Å². The molecule has 2 aromatic rings. The fourth-order valence-corrected chi connectivity index (χ4v) is 5.35. The van der Waals surface area contributed by atoms with E-state index in [-0.39, 0.29) is 17.9 Å². The molecule has 0 spiro atoms. The fourth-order valence-electron chi connectivity index (χ4n) is 5.35. The number of hydrogen-bond donors (Lipinski definition) is 0. The second kappa shape index (κ2) is 9.21. The number of rotatable bonds is 5. The third kappa shape index (κ3) is 4.51. The lowest BCUT2D eigenvalue weighted by molar-refractivity contribution is -0.133. The minimum atomic E-state index is -0.109. The molecular weight excluding hydrogens is 414 g/mol. The molecule has 1 aromatic heterocycles. The molecule has 3 aliphatic rings. The predicted molar refractivity (Wildman–Crippen MR) is 127 cm³/mol. The lowest BCUT2D eigenvalue weighted by Gasteiger charge is -2.31. The minimum absolute atomic E-state index is 0.0977. The average Bonchev–Trinajstić information content (AvgIpc) is 3.49. The van der Waals surface area contributed by atoms with Gasteiger partial charge in [-0.15, -0.1) is 0 Å². The molecule has 5 rings (SSSR count). The van der Waals surface area contributed by atoms with E-state index in [1.54, 1.807) is 0 Å². The van der Waals surface area contributed by atoms with Crippen molar-refractivity contribution in [1.29, 1.82) is 0 Å². The molecule has 0 bridgehead atoms. The summed E-state index contributed by atoms with van der Waals surface area (Å²) < 4.78 is 0. The minimum Gasteiger partial charge on any atom is -0.331 e. The first-order valence-electron chi connectivity index (χ1n) is 12.2. The van der Waals surface area contributed by atoms with Gasteiger partial charge in [0.2, 0.25) is 11.8 Å². The molecule has 2 amide bonds. The second-order valence-corrected chi connectivity index (χ2v) is 9.66. The Hall–Kier alpha value is -2.80. The zero-order chi connectivity index (χ0) is 22.9. The van der Waals surface area contributed by atoms with Gasteiger partial charge in [-0.25, -0.2) is 9.97 Å². The molecule has 0 radical (unpaired) electrons. The van der Waals surface area contributed by atoms with Crippen molar-refractivity contribution in [2.75, 3.05) is 31.1 Å². The van der Waals surface area contributed by atoms with E-state index in [4.69, 9.17) is 9.97 Å². The number of carbonyl (C=O) groups excluding carboxylic acids is 2. The number of likely N-dealkylation sites (tertiary alicyclic amines) is 2. The summed E-state index contributed by atoms with van der Waals surface area (Å²) in [6, 6.07) is 8.18. The monoisotopic (exact) mass is 447 g/mol. The Balaban J connectivity index is 1.43. The molecular formula is C26H33N5O2. The summed E-state index contributed by atoms with van der Waals surface area (Å²) in [6.07, 6.45) is 5.33. The number of aromatic nitrogens is 2. The average molecular weight is 448 g/mol. The Morgan fingerprint density at radius 2 is 1.76 bits per heavy atom. The van der Waals surface area contributed by atoms with Gasteiger partial charge < -0.3 is 4.90 Å². The second-order valence-electron chi connectivity index (χ2n) is 9.66. The van der Waals surface area contributed by atoms with E-state index in [1.165, 1.54) is 18.4 Å². The van der Waals surface area contributed by atoms with Gasteiger partial charge in [0.05, 0.1) is 19.1 Å². The van der Waals surface area contributed by atoms with Crippen molar-refractivity contribution in [3.63, 3.8) is 0 Å². The number of fused-ring (bicyclic) bond motifs is 1. The van der Waals surface area contributed by atoms with Crippen LogP contribution in [-0.2, 0) is 22.6 Å². The first-order chi connectivity index (χ1) is 16.0. The van der Waals surface area contributed by atoms with Crippen LogP contribution in [0.2, 0.25) is 0 Å². The first-order valence-corrected chi connectivity index (χ1v) is 12.2. The van der Waals surface area contributed by atoms with Gasteiger partial charge in [0.15, 0.2) is 5.82 Å². The lowest BCUT2D eigenvalue weighted by atomic mass is 10.0. The maximum Gasteiger partial charge on any atom is 0.237 e. The summed E-state index contributed by atoms with van der Waals surface area (Å²) in [4.78, 5) is 41.9. The molecule has 7 heteroatoms. The van der Waals surface area contributed by atoms with Crippen molar-refractivity contribution >= 4 is 17.6 Å². The molecule has 0 aliphatic carbocycles. The van der Waals surface area contributed by atoms with Crippen LogP contribution in [0.25, 0.3) is 0 Å². The van der Waals surface area contributed by atoms with Gasteiger partial charge in [0.1, 0.15) is 5.82 Å². The Bertz CT molecular complexity index is 1050. The molecule has 4 heterocycles. The smallest absolute Gasteiger partial charge is 0.237 e. The topological polar surface area (TPSA) is 69.6 Å². The lowest BCUT2D eigenvalue weighted by Crippen LogP contribution is -2.40. The van der Waals surface area contributed by atoms with Crippen LogP contribution < -0.4 is 4.90 Å². The molecule has 0 unspecified atom stereocenters. The highest BCUT2D eigenvalue weighted by Gasteiger charge is 2.35. The van der Waals surface area contributed by atoms with Gasteiger partial charge in [-0.2, -0.15) is 0 Å². The molecule has 3 aliphatic heterocycles. The number of nitrogens with zero attached hydrogens (tertiary/aromatic N) is 5. The van der Waals surface area contributed by atoms with Gasteiger partial charge in [0.25, 0.3) is 0 Å². The van der Waals surface area contributed by atoms with Crippen LogP contribution in [0, 0.1) is 13.8 Å². The van der Waals surface area contributed by atoms with Crippen LogP contribution >= 0.6 is 0 Å². The first kappa shape index (κ1) is 22.0. The van der Waals surface area contributed by atoms with Gasteiger partial charge in [-0.1, -0.05) is 29.8 Å². The number of anilines is 1. The van der Waals surface area contributed by atoms with Crippen molar-refractivity contribution in [3.05, 3.63) is 52.5 Å². The number of hydrogen-bond acceptors (Lipinski definition) is 5. The Morgan fingerprint density at radius 1 is 1.00 bits per heavy atom. The highest BCUT2D eigenvalue weighted by Crippen LogP contribution is 2.35. The molecule has 0 saturated carbocycles. The van der Waals surface area contributed by atoms with Crippen LogP contribution in [0.5, 0.6) is 0 Å². The third-order valence-corrected chi connectivity index (χ3v) is 7.24. The normalized spacial score (nSPS) is 21.0. The van der Waals surface area contributed by atoms with E-state index in [9.17, 15) is 9.59 Å². The summed E-state index contributed by atoms with van der Waals surface area (Å²) in [5.74, 6) is 1.68. The standard InChI is InChI=1S/C26H33N5O2/c1-18-7-9-20(10-8-18)16-31-23(32)12-11-21-19(2)27-25(28-26(21)31)22-6-5-15-30(22)24(33)17-29-13-3-4-14-29/h7-10,22H,3-6,11-17H2,1-2H3/t22-/m1/s1. The number of amides is 2. The highest BCUT2D eigenvalue weighted by molar-refractivity contribution is 5.95. The van der Waals surface area contributed by atoms with Crippen LogP contribution in [0.4, 0.5) is 5.82 Å². The van der Waals surface area contributed by atoms with Gasteiger partial charge in [0, 0.05) is 24.2 Å². The summed E-state index contributed by atoms with van der Waals surface area (Å²) in [7, 11) is 0. The van der Waals surface area contributed by atoms with E-state index >= 15 is 0 Å². The molecule has 174 valence electrons. The fraction of sp³-hybridized carbons (Fsp3) is 0.538. The number of aryl methyl sites for hydroxylation is 2. The van der Waals surface area contributed by atoms with Crippen LogP contribution in [0.1, 0.15) is 66.4 Å². The molecule has 2 saturated heterocycles. The molecule has 1 aromatic carbocycles.